The number of nitrogens with zero attached hydrogens (tertiary/aromatic N) is 7. The van der Waals surface area contributed by atoms with Gasteiger partial charge in [-0.05, 0) is 61.7 Å². The quantitative estimate of drug-likeness (QED) is 0.220. The Labute approximate surface area is 238 Å². The van der Waals surface area contributed by atoms with Crippen LogP contribution in [0.1, 0.15) is 30.5 Å². The molecule has 0 aliphatic carbocycles. The molecule has 0 radical (unpaired) electrons. The highest BCUT2D eigenvalue weighted by atomic mass is 32.1. The van der Waals surface area contributed by atoms with Gasteiger partial charge in [0.2, 0.25) is 11.6 Å². The summed E-state index contributed by atoms with van der Waals surface area (Å²) in [6, 6.07) is 27.6. The number of rotatable bonds is 7. The summed E-state index contributed by atoms with van der Waals surface area (Å²) in [7, 11) is 2.12. The molecule has 0 bridgehead atoms. The second-order valence-electron chi connectivity index (χ2n) is 10.7. The molecule has 0 amide bonds. The molecule has 7 rings (SSSR count). The van der Waals surface area contributed by atoms with Gasteiger partial charge < -0.3 is 5.73 Å². The molecule has 1 fully saturated rings. The van der Waals surface area contributed by atoms with E-state index in [1.807, 2.05) is 29.1 Å². The van der Waals surface area contributed by atoms with E-state index in [1.165, 1.54) is 41.9 Å². The van der Waals surface area contributed by atoms with Crippen molar-refractivity contribution < 1.29 is 3.96 Å². The summed E-state index contributed by atoms with van der Waals surface area (Å²) in [4.78, 5) is 4.78. The fourth-order valence-electron chi connectivity index (χ4n) is 5.76. The molecule has 2 N–H and O–H groups in total. The molecule has 8 nitrogen and oxygen atoms in total. The van der Waals surface area contributed by atoms with Crippen LogP contribution in [-0.2, 0) is 13.1 Å². The molecule has 0 saturated carbocycles. The molecule has 2 aromatic heterocycles. The van der Waals surface area contributed by atoms with Gasteiger partial charge in [-0.1, -0.05) is 47.7 Å². The fourth-order valence-corrected chi connectivity index (χ4v) is 6.89. The summed E-state index contributed by atoms with van der Waals surface area (Å²) in [5, 5.41) is 9.08. The second-order valence-corrected chi connectivity index (χ2v) is 11.6. The Kier molecular flexibility index (Phi) is 6.45. The van der Waals surface area contributed by atoms with Crippen molar-refractivity contribution in [3.8, 4) is 22.6 Å². The lowest BCUT2D eigenvalue weighted by Gasteiger charge is -2.23. The molecular weight excluding hydrogens is 516 g/mol. The standard InChI is InChI=1S/C31H32N8S/c1-35(20-23-8-4-2-5-9-23)21-26-22-37(34-33-26)30-17-15-28-31(24-10-12-25(32)13-11-24)27-14-16-29(38(27)40-39(28)30)36-18-6-3-7-19-36/h2,4-5,8-17,22,32H,3,6-7,18-21H2,1H3/p+1. The van der Waals surface area contributed by atoms with Gasteiger partial charge in [-0.3, -0.25) is 9.80 Å². The van der Waals surface area contributed by atoms with Crippen molar-refractivity contribution in [2.24, 2.45) is 0 Å². The van der Waals surface area contributed by atoms with E-state index in [-0.39, 0.29) is 0 Å². The van der Waals surface area contributed by atoms with E-state index in [0.29, 0.717) is 0 Å². The highest BCUT2D eigenvalue weighted by molar-refractivity contribution is 6.96. The van der Waals surface area contributed by atoms with Gasteiger partial charge in [-0.25, -0.2) is 0 Å². The van der Waals surface area contributed by atoms with Crippen LogP contribution in [0, 0.1) is 0 Å². The van der Waals surface area contributed by atoms with Crippen LogP contribution in [0.2, 0.25) is 0 Å². The number of hydrogen-bond donors (Lipinski definition) is 1. The zero-order valence-corrected chi connectivity index (χ0v) is 23.5. The van der Waals surface area contributed by atoms with Crippen molar-refractivity contribution in [2.45, 2.75) is 32.4 Å². The van der Waals surface area contributed by atoms with Crippen LogP contribution in [0.4, 0.5) is 11.5 Å². The summed E-state index contributed by atoms with van der Waals surface area (Å²) >= 11 is 1.71. The predicted octanol–water partition coefficient (Wildman–Crippen LogP) is 5.17. The fraction of sp³-hybridized carbons (Fsp3) is 0.258. The second kappa shape index (κ2) is 10.4. The summed E-state index contributed by atoms with van der Waals surface area (Å²) in [5.41, 5.74) is 13.7. The Morgan fingerprint density at radius 1 is 0.900 bits per heavy atom. The molecule has 9 heteroatoms. The van der Waals surface area contributed by atoms with Gasteiger partial charge in [-0.2, -0.15) is 8.47 Å². The molecule has 40 heavy (non-hydrogen) atoms. The molecule has 1 saturated heterocycles. The number of nitrogens with two attached hydrogens (primary N) is 1. The number of anilines is 2. The van der Waals surface area contributed by atoms with E-state index >= 15 is 0 Å². The summed E-state index contributed by atoms with van der Waals surface area (Å²) in [5.74, 6) is 2.22. The molecule has 202 valence electrons. The van der Waals surface area contributed by atoms with Gasteiger partial charge in [-0.15, -0.1) is 9.06 Å². The highest BCUT2D eigenvalue weighted by Crippen LogP contribution is 2.35. The smallest absolute Gasteiger partial charge is 0.239 e. The van der Waals surface area contributed by atoms with Crippen molar-refractivity contribution in [1.29, 1.82) is 0 Å². The van der Waals surface area contributed by atoms with E-state index in [2.05, 4.69) is 95.6 Å². The van der Waals surface area contributed by atoms with E-state index in [0.717, 1.165) is 54.5 Å². The monoisotopic (exact) mass is 549 g/mol. The lowest BCUT2D eigenvalue weighted by atomic mass is 10.0. The maximum absolute atomic E-state index is 6.05. The first-order valence-corrected chi connectivity index (χ1v) is 14.6. The van der Waals surface area contributed by atoms with Crippen molar-refractivity contribution >= 4 is 28.8 Å². The normalized spacial score (nSPS) is 14.1. The summed E-state index contributed by atoms with van der Waals surface area (Å²) in [6.07, 6.45) is 5.83. The van der Waals surface area contributed by atoms with Crippen molar-refractivity contribution in [1.82, 2.24) is 23.7 Å². The molecule has 2 aromatic carbocycles. The molecule has 4 aromatic rings. The first-order chi connectivity index (χ1) is 19.6. The van der Waals surface area contributed by atoms with Crippen molar-refractivity contribution in [3.05, 3.63) is 96.3 Å². The Hall–Kier alpha value is -4.21. The zero-order chi connectivity index (χ0) is 27.1. The minimum Gasteiger partial charge on any atom is -0.399 e. The van der Waals surface area contributed by atoms with E-state index < -0.39 is 0 Å². The number of hydrogen-bond acceptors (Lipinski definition) is 6. The van der Waals surface area contributed by atoms with Gasteiger partial charge in [0, 0.05) is 30.9 Å². The molecule has 3 aliphatic rings. The van der Waals surface area contributed by atoms with Gasteiger partial charge in [0.15, 0.2) is 11.7 Å². The van der Waals surface area contributed by atoms with Crippen LogP contribution in [-0.4, -0.2) is 43.8 Å². The number of aromatic nitrogens is 5. The third-order valence-electron chi connectivity index (χ3n) is 7.69. The lowest BCUT2D eigenvalue weighted by molar-refractivity contribution is -0.505. The van der Waals surface area contributed by atoms with Crippen molar-refractivity contribution in [3.63, 3.8) is 0 Å². The average Bonchev–Trinajstić information content (AvgIpc) is 3.72. The number of benzene rings is 2. The Morgan fingerprint density at radius 2 is 1.70 bits per heavy atom. The van der Waals surface area contributed by atoms with Gasteiger partial charge in [0.25, 0.3) is 0 Å². The molecule has 5 heterocycles. The summed E-state index contributed by atoms with van der Waals surface area (Å²) < 4.78 is 6.55. The van der Waals surface area contributed by atoms with E-state index in [1.54, 1.807) is 11.7 Å². The molecular formula is C31H33N8S+. The van der Waals surface area contributed by atoms with Crippen molar-refractivity contribution in [2.75, 3.05) is 30.8 Å². The van der Waals surface area contributed by atoms with Crippen LogP contribution in [0.3, 0.4) is 0 Å². The molecule has 0 unspecified atom stereocenters. The summed E-state index contributed by atoms with van der Waals surface area (Å²) in [6.45, 7) is 3.77. The van der Waals surface area contributed by atoms with Crippen LogP contribution >= 0.6 is 11.7 Å². The minimum absolute atomic E-state index is 0.722. The highest BCUT2D eigenvalue weighted by Gasteiger charge is 2.29. The average molecular weight is 550 g/mol. The van der Waals surface area contributed by atoms with Crippen LogP contribution in [0.15, 0.2) is 85.1 Å². The molecule has 0 atom stereocenters. The third kappa shape index (κ3) is 4.61. The van der Waals surface area contributed by atoms with Crippen LogP contribution < -0.4 is 14.6 Å². The Morgan fingerprint density at radius 3 is 2.50 bits per heavy atom. The maximum atomic E-state index is 6.05. The van der Waals surface area contributed by atoms with Gasteiger partial charge in [0.1, 0.15) is 11.2 Å². The first kappa shape index (κ1) is 24.8. The number of nitrogen functional groups attached to an aromatic ring is 1. The Balaban J connectivity index is 1.29. The topological polar surface area (TPSA) is 71.5 Å². The lowest BCUT2D eigenvalue weighted by Crippen LogP contribution is -2.40. The van der Waals surface area contributed by atoms with Crippen LogP contribution in [0.5, 0.6) is 0 Å². The van der Waals surface area contributed by atoms with E-state index in [9.17, 15) is 0 Å². The van der Waals surface area contributed by atoms with Gasteiger partial charge >= 0.3 is 0 Å². The number of fused-ring (bicyclic) bond motifs is 2. The van der Waals surface area contributed by atoms with Crippen LogP contribution in [0.25, 0.3) is 28.1 Å². The number of piperidine rings is 1. The predicted molar refractivity (Wildman–Crippen MR) is 160 cm³/mol. The minimum atomic E-state index is 0.722. The SMILES string of the molecule is CN(Cc1ccccc1)Cc1cn(-c2ccc3c(-c4ccc(N)cc4)c4ccc(N5CCCCC5)[n+]-4sn23)nn1. The zero-order valence-electron chi connectivity index (χ0n) is 22.6. The molecule has 0 spiro atoms. The maximum Gasteiger partial charge on any atom is 0.239 e. The van der Waals surface area contributed by atoms with Gasteiger partial charge in [0.05, 0.1) is 30.5 Å². The molecule has 3 aliphatic heterocycles. The van der Waals surface area contributed by atoms with E-state index in [4.69, 9.17) is 5.73 Å². The first-order valence-electron chi connectivity index (χ1n) is 13.9. The largest absolute Gasteiger partial charge is 0.399 e. The third-order valence-corrected chi connectivity index (χ3v) is 8.79. The Bertz CT molecular complexity index is 1710.